The normalized spacial score (nSPS) is 18.0. The summed E-state index contributed by atoms with van der Waals surface area (Å²) in [5.74, 6) is 0.632. The number of ether oxygens (including phenoxy) is 1. The SMILES string of the molecule is O=c1[nH]ccc2c(Cl)c(OC3CCC(N(Cc4cccc(Cl)c4)Cc4cccc(Cl)c4)CC3)ccc12. The van der Waals surface area contributed by atoms with Crippen molar-refractivity contribution < 1.29 is 4.74 Å². The van der Waals surface area contributed by atoms with Gasteiger partial charge in [-0.05, 0) is 79.3 Å². The molecule has 5 rings (SSSR count). The Hall–Kier alpha value is -2.50. The number of fused-ring (bicyclic) bond motifs is 1. The van der Waals surface area contributed by atoms with E-state index in [1.54, 1.807) is 18.3 Å². The quantitative estimate of drug-likeness (QED) is 0.259. The molecule has 1 aromatic heterocycles. The van der Waals surface area contributed by atoms with Crippen molar-refractivity contribution in [3.05, 3.63) is 109 Å². The molecule has 0 bridgehead atoms. The number of aromatic nitrogens is 1. The van der Waals surface area contributed by atoms with Crippen LogP contribution in [0.4, 0.5) is 0 Å². The molecule has 1 aliphatic rings. The van der Waals surface area contributed by atoms with E-state index in [2.05, 4.69) is 22.0 Å². The highest BCUT2D eigenvalue weighted by Crippen LogP contribution is 2.35. The molecular weight excluding hydrogens is 515 g/mol. The van der Waals surface area contributed by atoms with Crippen molar-refractivity contribution in [3.63, 3.8) is 0 Å². The second kappa shape index (κ2) is 11.3. The average molecular weight is 542 g/mol. The first-order valence-electron chi connectivity index (χ1n) is 12.2. The van der Waals surface area contributed by atoms with Crippen molar-refractivity contribution in [1.82, 2.24) is 9.88 Å². The van der Waals surface area contributed by atoms with Gasteiger partial charge in [-0.15, -0.1) is 0 Å². The Morgan fingerprint density at radius 1 is 0.806 bits per heavy atom. The van der Waals surface area contributed by atoms with Crippen LogP contribution in [0.1, 0.15) is 36.8 Å². The van der Waals surface area contributed by atoms with Gasteiger partial charge < -0.3 is 9.72 Å². The maximum Gasteiger partial charge on any atom is 0.255 e. The minimum atomic E-state index is -0.152. The Balaban J connectivity index is 1.29. The Morgan fingerprint density at radius 3 is 2.06 bits per heavy atom. The van der Waals surface area contributed by atoms with Crippen LogP contribution in [0.3, 0.4) is 0 Å². The number of hydrogen-bond donors (Lipinski definition) is 1. The first-order valence-corrected chi connectivity index (χ1v) is 13.3. The van der Waals surface area contributed by atoms with Crippen molar-refractivity contribution in [1.29, 1.82) is 0 Å². The Morgan fingerprint density at radius 2 is 1.44 bits per heavy atom. The third-order valence-corrected chi connectivity index (χ3v) is 7.72. The monoisotopic (exact) mass is 540 g/mol. The van der Waals surface area contributed by atoms with E-state index in [1.165, 1.54) is 11.1 Å². The molecule has 4 nitrogen and oxygen atoms in total. The van der Waals surface area contributed by atoms with Crippen LogP contribution in [-0.4, -0.2) is 22.0 Å². The lowest BCUT2D eigenvalue weighted by Crippen LogP contribution is -2.39. The molecule has 0 spiro atoms. The van der Waals surface area contributed by atoms with Crippen molar-refractivity contribution in [3.8, 4) is 5.75 Å². The molecule has 0 aliphatic heterocycles. The fourth-order valence-corrected chi connectivity index (χ4v) is 5.76. The van der Waals surface area contributed by atoms with Crippen LogP contribution in [0.25, 0.3) is 10.8 Å². The van der Waals surface area contributed by atoms with Gasteiger partial charge in [-0.2, -0.15) is 0 Å². The molecular formula is C29H27Cl3N2O2. The molecule has 0 unspecified atom stereocenters. The van der Waals surface area contributed by atoms with Crippen molar-refractivity contribution in [2.24, 2.45) is 0 Å². The maximum absolute atomic E-state index is 12.1. The molecule has 0 radical (unpaired) electrons. The van der Waals surface area contributed by atoms with Gasteiger partial charge in [-0.1, -0.05) is 59.1 Å². The number of H-pyrrole nitrogens is 1. The summed E-state index contributed by atoms with van der Waals surface area (Å²) in [7, 11) is 0. The van der Waals surface area contributed by atoms with Gasteiger partial charge in [0.1, 0.15) is 5.75 Å². The molecule has 1 fully saturated rings. The van der Waals surface area contributed by atoms with Gasteiger partial charge in [0.2, 0.25) is 0 Å². The molecule has 1 saturated carbocycles. The second-order valence-electron chi connectivity index (χ2n) is 9.36. The fourth-order valence-electron chi connectivity index (χ4n) is 5.06. The number of hydrogen-bond acceptors (Lipinski definition) is 3. The molecule has 36 heavy (non-hydrogen) atoms. The van der Waals surface area contributed by atoms with E-state index < -0.39 is 0 Å². The summed E-state index contributed by atoms with van der Waals surface area (Å²) in [6.07, 6.45) is 5.57. The lowest BCUT2D eigenvalue weighted by molar-refractivity contribution is 0.0795. The van der Waals surface area contributed by atoms with E-state index in [1.807, 2.05) is 42.5 Å². The van der Waals surface area contributed by atoms with Crippen molar-refractivity contribution in [2.45, 2.75) is 50.9 Å². The number of benzene rings is 3. The van der Waals surface area contributed by atoms with Gasteiger partial charge in [0, 0.05) is 46.1 Å². The van der Waals surface area contributed by atoms with Crippen LogP contribution in [0.5, 0.6) is 5.75 Å². The van der Waals surface area contributed by atoms with Crippen LogP contribution in [0.15, 0.2) is 77.7 Å². The Bertz CT molecular complexity index is 1370. The minimum Gasteiger partial charge on any atom is -0.489 e. The highest BCUT2D eigenvalue weighted by Gasteiger charge is 2.28. The topological polar surface area (TPSA) is 45.3 Å². The van der Waals surface area contributed by atoms with Crippen molar-refractivity contribution in [2.75, 3.05) is 0 Å². The molecule has 0 amide bonds. The molecule has 0 atom stereocenters. The summed E-state index contributed by atoms with van der Waals surface area (Å²) in [5, 5.41) is 3.27. The highest BCUT2D eigenvalue weighted by molar-refractivity contribution is 6.37. The molecule has 7 heteroatoms. The smallest absolute Gasteiger partial charge is 0.255 e. The average Bonchev–Trinajstić information content (AvgIpc) is 2.86. The van der Waals surface area contributed by atoms with Gasteiger partial charge in [0.05, 0.1) is 11.1 Å². The number of rotatable bonds is 7. The Kier molecular flexibility index (Phi) is 7.87. The minimum absolute atomic E-state index is 0.0809. The van der Waals surface area contributed by atoms with Crippen LogP contribution < -0.4 is 10.3 Å². The standard InChI is InChI=1S/C29H27Cl3N2O2/c30-21-5-1-3-19(15-21)17-34(18-20-4-2-6-22(31)16-20)23-7-9-24(10-8-23)36-27-12-11-26-25(28(27)32)13-14-33-29(26)35/h1-6,11-16,23-24H,7-10,17-18H2,(H,33,35). The first-order chi connectivity index (χ1) is 17.5. The summed E-state index contributed by atoms with van der Waals surface area (Å²) in [6.45, 7) is 1.63. The van der Waals surface area contributed by atoms with Gasteiger partial charge in [0.25, 0.3) is 5.56 Å². The zero-order valence-corrected chi connectivity index (χ0v) is 22.0. The van der Waals surface area contributed by atoms with E-state index in [9.17, 15) is 4.79 Å². The molecule has 0 saturated heterocycles. The molecule has 1 heterocycles. The first kappa shape index (κ1) is 25.2. The molecule has 3 aromatic carbocycles. The Labute approximate surface area is 225 Å². The van der Waals surface area contributed by atoms with Gasteiger partial charge >= 0.3 is 0 Å². The third kappa shape index (κ3) is 5.90. The molecule has 1 N–H and O–H groups in total. The highest BCUT2D eigenvalue weighted by atomic mass is 35.5. The van der Waals surface area contributed by atoms with Crippen molar-refractivity contribution >= 4 is 45.6 Å². The number of aromatic amines is 1. The van der Waals surface area contributed by atoms with Crippen LogP contribution in [-0.2, 0) is 13.1 Å². The van der Waals surface area contributed by atoms with Crippen LogP contribution in [0.2, 0.25) is 15.1 Å². The van der Waals surface area contributed by atoms with E-state index in [-0.39, 0.29) is 11.7 Å². The predicted molar refractivity (Wildman–Crippen MR) is 148 cm³/mol. The number of nitrogens with one attached hydrogen (secondary N) is 1. The lowest BCUT2D eigenvalue weighted by atomic mass is 9.91. The van der Waals surface area contributed by atoms with Crippen LogP contribution >= 0.6 is 34.8 Å². The zero-order valence-electron chi connectivity index (χ0n) is 19.7. The van der Waals surface area contributed by atoms with E-state index in [0.29, 0.717) is 27.6 Å². The summed E-state index contributed by atoms with van der Waals surface area (Å²) in [5.41, 5.74) is 2.24. The van der Waals surface area contributed by atoms with E-state index in [0.717, 1.165) is 48.8 Å². The molecule has 186 valence electrons. The zero-order chi connectivity index (χ0) is 25.1. The number of halogens is 3. The molecule has 1 aliphatic carbocycles. The van der Waals surface area contributed by atoms with E-state index in [4.69, 9.17) is 39.5 Å². The van der Waals surface area contributed by atoms with E-state index >= 15 is 0 Å². The summed E-state index contributed by atoms with van der Waals surface area (Å²) < 4.78 is 6.33. The summed E-state index contributed by atoms with van der Waals surface area (Å²) >= 11 is 19.1. The summed E-state index contributed by atoms with van der Waals surface area (Å²) in [6, 6.07) is 21.9. The van der Waals surface area contributed by atoms with Crippen LogP contribution in [0, 0.1) is 0 Å². The van der Waals surface area contributed by atoms with Gasteiger partial charge in [-0.25, -0.2) is 0 Å². The fraction of sp³-hybridized carbons (Fsp3) is 0.276. The van der Waals surface area contributed by atoms with Gasteiger partial charge in [-0.3, -0.25) is 9.69 Å². The summed E-state index contributed by atoms with van der Waals surface area (Å²) in [4.78, 5) is 17.3. The number of nitrogens with zero attached hydrogens (tertiary/aromatic N) is 1. The van der Waals surface area contributed by atoms with Gasteiger partial charge in [0.15, 0.2) is 0 Å². The second-order valence-corrected chi connectivity index (χ2v) is 10.6. The maximum atomic E-state index is 12.1. The largest absolute Gasteiger partial charge is 0.489 e. The predicted octanol–water partition coefficient (Wildman–Crippen LogP) is 7.88. The number of pyridine rings is 1. The third-order valence-electron chi connectivity index (χ3n) is 6.86. The molecule has 4 aromatic rings. The lowest BCUT2D eigenvalue weighted by Gasteiger charge is -2.37.